The van der Waals surface area contributed by atoms with Crippen LogP contribution in [0.2, 0.25) is 0 Å². The molecule has 0 radical (unpaired) electrons. The number of anilines is 1. The number of benzene rings is 1. The number of fused-ring (bicyclic) bond motifs is 2. The zero-order valence-corrected chi connectivity index (χ0v) is 15.5. The summed E-state index contributed by atoms with van der Waals surface area (Å²) in [6.45, 7) is 0.938. The number of thiocarbonyl (C=S) groups is 1. The predicted molar refractivity (Wildman–Crippen MR) is 99.2 cm³/mol. The van der Waals surface area contributed by atoms with Crippen LogP contribution in [-0.2, 0) is 5.41 Å². The van der Waals surface area contributed by atoms with Crippen LogP contribution in [0.1, 0.15) is 28.8 Å². The third-order valence-corrected chi connectivity index (χ3v) is 5.35. The zero-order chi connectivity index (χ0) is 17.6. The van der Waals surface area contributed by atoms with Crippen LogP contribution in [-0.4, -0.2) is 38.9 Å². The largest absolute Gasteiger partial charge is 0.331 e. The van der Waals surface area contributed by atoms with Crippen molar-refractivity contribution >= 4 is 45.0 Å². The molecule has 0 atom stereocenters. The third kappa shape index (κ3) is 3.16. The fraction of sp³-hybridized carbons (Fsp3) is 0.294. The number of nitrogens with zero attached hydrogens (tertiary/aromatic N) is 3. The van der Waals surface area contributed by atoms with E-state index >= 15 is 0 Å². The highest BCUT2D eigenvalue weighted by atomic mass is 79.9. The van der Waals surface area contributed by atoms with Crippen molar-refractivity contribution in [1.82, 2.24) is 14.9 Å². The molecule has 4 rings (SSSR count). The predicted octanol–water partition coefficient (Wildman–Crippen LogP) is 3.31. The van der Waals surface area contributed by atoms with E-state index in [9.17, 15) is 9.18 Å². The van der Waals surface area contributed by atoms with Crippen LogP contribution < -0.4 is 5.32 Å². The van der Waals surface area contributed by atoms with Crippen molar-refractivity contribution in [2.45, 2.75) is 18.3 Å². The second-order valence-electron chi connectivity index (χ2n) is 6.40. The van der Waals surface area contributed by atoms with E-state index in [4.69, 9.17) is 12.2 Å². The lowest BCUT2D eigenvalue weighted by atomic mass is 9.86. The molecule has 5 nitrogen and oxygen atoms in total. The summed E-state index contributed by atoms with van der Waals surface area (Å²) in [4.78, 5) is 22.7. The Morgan fingerprint density at radius 3 is 2.76 bits per heavy atom. The Bertz CT molecular complexity index is 869. The highest BCUT2D eigenvalue weighted by molar-refractivity contribution is 9.10. The number of carbonyl (C=O) groups is 1. The Morgan fingerprint density at radius 2 is 2.08 bits per heavy atom. The zero-order valence-electron chi connectivity index (χ0n) is 13.1. The molecular formula is C17H14BrFN4OS. The fourth-order valence-corrected chi connectivity index (χ4v) is 3.86. The average Bonchev–Trinajstić information content (AvgIpc) is 3.35. The Labute approximate surface area is 157 Å². The molecule has 1 fully saturated rings. The van der Waals surface area contributed by atoms with Gasteiger partial charge in [-0.3, -0.25) is 4.79 Å². The van der Waals surface area contributed by atoms with E-state index in [2.05, 4.69) is 37.3 Å². The fourth-order valence-electron chi connectivity index (χ4n) is 3.25. The van der Waals surface area contributed by atoms with Crippen molar-refractivity contribution in [2.24, 2.45) is 0 Å². The number of carbonyl (C=O) groups excluding carboxylic acids is 1. The molecule has 128 valence electrons. The molecule has 1 saturated carbocycles. The Kier molecular flexibility index (Phi) is 4.04. The number of rotatable bonds is 3. The first-order valence-corrected chi connectivity index (χ1v) is 9.04. The normalized spacial score (nSPS) is 17.4. The minimum absolute atomic E-state index is 0.0239. The molecule has 2 heterocycles. The topological polar surface area (TPSA) is 58.1 Å². The van der Waals surface area contributed by atoms with Gasteiger partial charge in [0.1, 0.15) is 4.99 Å². The minimum Gasteiger partial charge on any atom is -0.331 e. The molecule has 2 aromatic rings. The first-order valence-electron chi connectivity index (χ1n) is 7.84. The molecule has 0 saturated heterocycles. The first kappa shape index (κ1) is 16.5. The van der Waals surface area contributed by atoms with Crippen LogP contribution in [0.3, 0.4) is 0 Å². The van der Waals surface area contributed by atoms with Crippen molar-refractivity contribution in [2.75, 3.05) is 18.4 Å². The van der Waals surface area contributed by atoms with Crippen LogP contribution in [0.15, 0.2) is 35.1 Å². The maximum absolute atomic E-state index is 12.9. The quantitative estimate of drug-likeness (QED) is 0.771. The summed E-state index contributed by atoms with van der Waals surface area (Å²) in [5.41, 5.74) is 1.92. The van der Waals surface area contributed by atoms with Gasteiger partial charge in [0.2, 0.25) is 5.95 Å². The number of halogens is 2. The van der Waals surface area contributed by atoms with Gasteiger partial charge in [0.05, 0.1) is 18.9 Å². The van der Waals surface area contributed by atoms with E-state index in [-0.39, 0.29) is 23.8 Å². The van der Waals surface area contributed by atoms with Crippen LogP contribution in [0, 0.1) is 5.82 Å². The van der Waals surface area contributed by atoms with Crippen molar-refractivity contribution in [3.8, 4) is 0 Å². The maximum Gasteiger partial charge on any atom is 0.254 e. The molecule has 1 amide bonds. The molecule has 0 unspecified atom stereocenters. The van der Waals surface area contributed by atoms with Crippen LogP contribution in [0.25, 0.3) is 0 Å². The van der Waals surface area contributed by atoms with Gasteiger partial charge < -0.3 is 10.2 Å². The lowest BCUT2D eigenvalue weighted by Crippen LogP contribution is -2.46. The van der Waals surface area contributed by atoms with Crippen molar-refractivity contribution in [1.29, 1.82) is 0 Å². The summed E-state index contributed by atoms with van der Waals surface area (Å²) in [6.07, 6.45) is 4.28. The van der Waals surface area contributed by atoms with Gasteiger partial charge in [-0.05, 0) is 36.6 Å². The molecular weight excluding hydrogens is 407 g/mol. The van der Waals surface area contributed by atoms with E-state index in [1.54, 1.807) is 4.90 Å². The average molecular weight is 421 g/mol. The van der Waals surface area contributed by atoms with E-state index in [1.165, 1.54) is 0 Å². The number of aromatic nitrogens is 2. The van der Waals surface area contributed by atoms with E-state index < -0.39 is 5.82 Å². The van der Waals surface area contributed by atoms with Crippen LogP contribution in [0.5, 0.6) is 0 Å². The summed E-state index contributed by atoms with van der Waals surface area (Å²) in [6, 6.07) is 5.81. The number of hydrogen-bond acceptors (Lipinski definition) is 4. The van der Waals surface area contributed by atoms with Gasteiger partial charge in [-0.2, -0.15) is 0 Å². The van der Waals surface area contributed by atoms with Gasteiger partial charge in [0.25, 0.3) is 5.91 Å². The summed E-state index contributed by atoms with van der Waals surface area (Å²) in [5, 5.41) is 2.86. The summed E-state index contributed by atoms with van der Waals surface area (Å²) in [5.74, 6) is -0.313. The summed E-state index contributed by atoms with van der Waals surface area (Å²) < 4.78 is 13.9. The highest BCUT2D eigenvalue weighted by Gasteiger charge is 2.51. The molecule has 8 heteroatoms. The van der Waals surface area contributed by atoms with E-state index in [0.29, 0.717) is 11.5 Å². The van der Waals surface area contributed by atoms with E-state index in [0.717, 1.165) is 40.8 Å². The SMILES string of the molecule is O=C1c2ccc(Br)cc2C2(CC2)CN1CC(=S)Nc1ncc(F)cn1. The highest BCUT2D eigenvalue weighted by Crippen LogP contribution is 2.52. The third-order valence-electron chi connectivity index (χ3n) is 4.62. The Hall–Kier alpha value is -1.93. The Balaban J connectivity index is 1.52. The number of hydrogen-bond donors (Lipinski definition) is 1. The second-order valence-corrected chi connectivity index (χ2v) is 7.81. The monoisotopic (exact) mass is 420 g/mol. The second kappa shape index (κ2) is 6.10. The number of nitrogens with one attached hydrogen (secondary N) is 1. The molecule has 1 N–H and O–H groups in total. The van der Waals surface area contributed by atoms with Gasteiger partial charge in [-0.1, -0.05) is 28.1 Å². The summed E-state index contributed by atoms with van der Waals surface area (Å²) >= 11 is 8.82. The van der Waals surface area contributed by atoms with Crippen molar-refractivity contribution < 1.29 is 9.18 Å². The first-order chi connectivity index (χ1) is 12.0. The van der Waals surface area contributed by atoms with Crippen LogP contribution >= 0.6 is 28.1 Å². The minimum atomic E-state index is -0.513. The van der Waals surface area contributed by atoms with Gasteiger partial charge in [0, 0.05) is 22.0 Å². The van der Waals surface area contributed by atoms with Gasteiger partial charge in [0.15, 0.2) is 5.82 Å². The van der Waals surface area contributed by atoms with E-state index in [1.807, 2.05) is 12.1 Å². The van der Waals surface area contributed by atoms with Gasteiger partial charge in [-0.15, -0.1) is 0 Å². The van der Waals surface area contributed by atoms with Crippen LogP contribution in [0.4, 0.5) is 10.3 Å². The molecule has 1 aliphatic carbocycles. The Morgan fingerprint density at radius 1 is 1.36 bits per heavy atom. The molecule has 1 aromatic heterocycles. The maximum atomic E-state index is 12.9. The molecule has 1 aromatic carbocycles. The molecule has 1 aliphatic heterocycles. The lowest BCUT2D eigenvalue weighted by Gasteiger charge is -2.35. The molecule has 0 bridgehead atoms. The standard InChI is InChI=1S/C17H14BrFN4OS/c18-10-1-2-12-13(5-10)17(3-4-17)9-23(15(12)24)8-14(25)22-16-20-6-11(19)7-21-16/h1-2,5-7H,3-4,8-9H2,(H,20,21,22,25). The summed E-state index contributed by atoms with van der Waals surface area (Å²) in [7, 11) is 0. The number of amides is 1. The van der Waals surface area contributed by atoms with Crippen molar-refractivity contribution in [3.05, 3.63) is 52.0 Å². The van der Waals surface area contributed by atoms with Gasteiger partial charge >= 0.3 is 0 Å². The lowest BCUT2D eigenvalue weighted by molar-refractivity contribution is 0.0741. The van der Waals surface area contributed by atoms with Crippen molar-refractivity contribution in [3.63, 3.8) is 0 Å². The smallest absolute Gasteiger partial charge is 0.254 e. The molecule has 2 aliphatic rings. The van der Waals surface area contributed by atoms with Gasteiger partial charge in [-0.25, -0.2) is 14.4 Å². The molecule has 25 heavy (non-hydrogen) atoms. The molecule has 1 spiro atoms.